The zero-order valence-corrected chi connectivity index (χ0v) is 12.5. The Bertz CT molecular complexity index is 603. The summed E-state index contributed by atoms with van der Waals surface area (Å²) in [7, 11) is 1.43. The topological polar surface area (TPSA) is 117 Å². The van der Waals surface area contributed by atoms with Crippen molar-refractivity contribution < 1.29 is 34.1 Å². The van der Waals surface area contributed by atoms with E-state index in [0.717, 1.165) is 6.08 Å². The highest BCUT2D eigenvalue weighted by Crippen LogP contribution is 2.25. The van der Waals surface area contributed by atoms with Gasteiger partial charge >= 0.3 is 5.97 Å². The number of furan rings is 1. The van der Waals surface area contributed by atoms with E-state index < -0.39 is 5.97 Å². The highest BCUT2D eigenvalue weighted by molar-refractivity contribution is 5.78. The summed E-state index contributed by atoms with van der Waals surface area (Å²) in [5.74, 6) is -0.0160. The van der Waals surface area contributed by atoms with Crippen LogP contribution in [0, 0.1) is 0 Å². The summed E-state index contributed by atoms with van der Waals surface area (Å²) in [5.41, 5.74) is 0.486. The molecule has 0 radical (unpaired) electrons. The van der Waals surface area contributed by atoms with E-state index in [0.29, 0.717) is 23.4 Å². The molecule has 7 heteroatoms. The van der Waals surface area contributed by atoms with Crippen LogP contribution in [0.3, 0.4) is 0 Å². The molecule has 23 heavy (non-hydrogen) atoms. The zero-order chi connectivity index (χ0) is 17.7. The Hall–Kier alpha value is -3.06. The van der Waals surface area contributed by atoms with Crippen LogP contribution in [-0.4, -0.2) is 34.7 Å². The van der Waals surface area contributed by atoms with Crippen LogP contribution in [0.15, 0.2) is 53.7 Å². The van der Waals surface area contributed by atoms with Gasteiger partial charge in [-0.1, -0.05) is 6.58 Å². The number of rotatable bonds is 4. The van der Waals surface area contributed by atoms with Gasteiger partial charge in [-0.25, -0.2) is 4.79 Å². The average Bonchev–Trinajstić information content (AvgIpc) is 3.10. The van der Waals surface area contributed by atoms with Gasteiger partial charge in [-0.2, -0.15) is 0 Å². The second kappa shape index (κ2) is 11.6. The van der Waals surface area contributed by atoms with Crippen LogP contribution < -0.4 is 4.74 Å². The van der Waals surface area contributed by atoms with Crippen LogP contribution in [0.25, 0.3) is 0 Å². The summed E-state index contributed by atoms with van der Waals surface area (Å²) in [6, 6.07) is 7.88. The molecule has 1 aromatic carbocycles. The van der Waals surface area contributed by atoms with Crippen molar-refractivity contribution in [3.05, 3.63) is 60.6 Å². The molecule has 1 heterocycles. The number of benzene rings is 1. The third-order valence-corrected chi connectivity index (χ3v) is 2.25. The molecule has 0 aliphatic carbocycles. The summed E-state index contributed by atoms with van der Waals surface area (Å²) in [5, 5.41) is 25.0. The SMILES string of the molecule is C=CC(=O)O.COc1cc(C=O)ccc1O.OCc1ccco1. The molecule has 0 saturated heterocycles. The summed E-state index contributed by atoms with van der Waals surface area (Å²) < 4.78 is 9.51. The number of aliphatic hydroxyl groups excluding tert-OH is 1. The standard InChI is InChI=1S/C8H8O3.C5H6O2.C3H4O2/c1-11-8-4-6(5-9)2-3-7(8)10;6-4-5-2-1-3-7-5;1-2-3(4)5/h2-5,10H,1H3;1-3,6H,4H2;2H,1H2,(H,4,5). The van der Waals surface area contributed by atoms with E-state index in [4.69, 9.17) is 24.5 Å². The fraction of sp³-hybridized carbons (Fsp3) is 0.125. The van der Waals surface area contributed by atoms with Crippen molar-refractivity contribution in [1.82, 2.24) is 0 Å². The first kappa shape index (κ1) is 19.9. The molecule has 3 N–H and O–H groups in total. The first-order chi connectivity index (χ1) is 11.0. The van der Waals surface area contributed by atoms with Gasteiger partial charge in [0.25, 0.3) is 0 Å². The fourth-order valence-electron chi connectivity index (χ4n) is 1.17. The minimum absolute atomic E-state index is 0.00694. The minimum Gasteiger partial charge on any atom is -0.504 e. The zero-order valence-electron chi connectivity index (χ0n) is 12.5. The van der Waals surface area contributed by atoms with Crippen molar-refractivity contribution in [2.75, 3.05) is 7.11 Å². The van der Waals surface area contributed by atoms with Gasteiger partial charge in [-0.05, 0) is 30.3 Å². The smallest absolute Gasteiger partial charge is 0.327 e. The van der Waals surface area contributed by atoms with E-state index >= 15 is 0 Å². The largest absolute Gasteiger partial charge is 0.504 e. The molecule has 0 unspecified atom stereocenters. The molecule has 2 rings (SSSR count). The normalized spacial score (nSPS) is 8.61. The predicted octanol–water partition coefficient (Wildman–Crippen LogP) is 2.24. The molecule has 0 aliphatic rings. The Morgan fingerprint density at radius 2 is 2.04 bits per heavy atom. The summed E-state index contributed by atoms with van der Waals surface area (Å²) in [6.07, 6.45) is 3.06. The molecule has 7 nitrogen and oxygen atoms in total. The number of aliphatic hydroxyl groups is 1. The van der Waals surface area contributed by atoms with Gasteiger partial charge < -0.3 is 24.5 Å². The Labute approximate surface area is 133 Å². The number of carboxylic acids is 1. The maximum Gasteiger partial charge on any atom is 0.327 e. The molecule has 0 fully saturated rings. The van der Waals surface area contributed by atoms with E-state index in [2.05, 4.69) is 6.58 Å². The number of aliphatic carboxylic acids is 1. The Kier molecular flexibility index (Phi) is 10.0. The van der Waals surface area contributed by atoms with Crippen LogP contribution in [0.2, 0.25) is 0 Å². The Morgan fingerprint density at radius 1 is 1.39 bits per heavy atom. The van der Waals surface area contributed by atoms with E-state index in [-0.39, 0.29) is 12.4 Å². The third-order valence-electron chi connectivity index (χ3n) is 2.25. The van der Waals surface area contributed by atoms with Crippen molar-refractivity contribution in [3.8, 4) is 11.5 Å². The van der Waals surface area contributed by atoms with E-state index in [9.17, 15) is 9.59 Å². The first-order valence-corrected chi connectivity index (χ1v) is 6.29. The molecule has 0 amide bonds. The number of ether oxygens (including phenoxy) is 1. The van der Waals surface area contributed by atoms with Crippen molar-refractivity contribution in [3.63, 3.8) is 0 Å². The maximum absolute atomic E-state index is 10.2. The highest BCUT2D eigenvalue weighted by atomic mass is 16.5. The molecule has 2 aromatic rings. The van der Waals surface area contributed by atoms with Crippen LogP contribution in [0.5, 0.6) is 11.5 Å². The maximum atomic E-state index is 10.2. The monoisotopic (exact) mass is 322 g/mol. The van der Waals surface area contributed by atoms with E-state index in [1.54, 1.807) is 12.1 Å². The van der Waals surface area contributed by atoms with E-state index in [1.165, 1.54) is 31.6 Å². The number of carbonyl (C=O) groups excluding carboxylic acids is 1. The number of carboxylic acid groups (broad SMARTS) is 1. The molecule has 1 aromatic heterocycles. The molecule has 0 bridgehead atoms. The van der Waals surface area contributed by atoms with Gasteiger partial charge in [0.05, 0.1) is 13.4 Å². The Morgan fingerprint density at radius 3 is 2.39 bits per heavy atom. The van der Waals surface area contributed by atoms with Crippen molar-refractivity contribution in [2.45, 2.75) is 6.61 Å². The number of phenolic OH excluding ortho intramolecular Hbond substituents is 1. The average molecular weight is 322 g/mol. The Balaban J connectivity index is 0.000000347. The number of hydrogen-bond donors (Lipinski definition) is 3. The summed E-state index contributed by atoms with van der Waals surface area (Å²) in [4.78, 5) is 19.5. The van der Waals surface area contributed by atoms with Crippen LogP contribution in [-0.2, 0) is 11.4 Å². The number of methoxy groups -OCH3 is 1. The van der Waals surface area contributed by atoms with Crippen LogP contribution in [0.1, 0.15) is 16.1 Å². The summed E-state index contributed by atoms with van der Waals surface area (Å²) in [6.45, 7) is 2.95. The molecule has 0 spiro atoms. The molecular weight excluding hydrogens is 304 g/mol. The van der Waals surface area contributed by atoms with Gasteiger partial charge in [0.1, 0.15) is 18.7 Å². The lowest BCUT2D eigenvalue weighted by atomic mass is 10.2. The van der Waals surface area contributed by atoms with Crippen molar-refractivity contribution in [2.24, 2.45) is 0 Å². The lowest BCUT2D eigenvalue weighted by molar-refractivity contribution is -0.131. The van der Waals surface area contributed by atoms with Gasteiger partial charge in [0.2, 0.25) is 0 Å². The number of carbonyl (C=O) groups is 2. The van der Waals surface area contributed by atoms with Gasteiger partial charge in [-0.3, -0.25) is 4.79 Å². The molecular formula is C16H18O7. The second-order valence-corrected chi connectivity index (χ2v) is 3.83. The second-order valence-electron chi connectivity index (χ2n) is 3.83. The van der Waals surface area contributed by atoms with Gasteiger partial charge in [0, 0.05) is 11.6 Å². The lowest BCUT2D eigenvalue weighted by Crippen LogP contribution is -1.85. The molecule has 0 aliphatic heterocycles. The number of phenols is 1. The van der Waals surface area contributed by atoms with Gasteiger partial charge in [0.15, 0.2) is 11.5 Å². The minimum atomic E-state index is -0.981. The van der Waals surface area contributed by atoms with Gasteiger partial charge in [-0.15, -0.1) is 0 Å². The lowest BCUT2D eigenvalue weighted by Gasteiger charge is -2.01. The van der Waals surface area contributed by atoms with E-state index in [1.807, 2.05) is 0 Å². The number of aromatic hydroxyl groups is 1. The van der Waals surface area contributed by atoms with Crippen molar-refractivity contribution >= 4 is 12.3 Å². The molecule has 124 valence electrons. The predicted molar refractivity (Wildman–Crippen MR) is 82.5 cm³/mol. The molecule has 0 saturated carbocycles. The third kappa shape index (κ3) is 8.74. The summed E-state index contributed by atoms with van der Waals surface area (Å²) >= 11 is 0. The highest BCUT2D eigenvalue weighted by Gasteiger charge is 2.00. The number of hydrogen-bond acceptors (Lipinski definition) is 6. The van der Waals surface area contributed by atoms with Crippen LogP contribution >= 0.6 is 0 Å². The van der Waals surface area contributed by atoms with Crippen molar-refractivity contribution in [1.29, 1.82) is 0 Å². The first-order valence-electron chi connectivity index (χ1n) is 6.29. The fourth-order valence-corrected chi connectivity index (χ4v) is 1.17. The number of aldehydes is 1. The quantitative estimate of drug-likeness (QED) is 0.583. The molecule has 0 atom stereocenters. The van der Waals surface area contributed by atoms with Crippen LogP contribution in [0.4, 0.5) is 0 Å².